The first-order valence-corrected chi connectivity index (χ1v) is 14.8. The number of amides is 2. The number of nitrogens with one attached hydrogen (secondary N) is 1. The van der Waals surface area contributed by atoms with Gasteiger partial charge in [-0.05, 0) is 31.6 Å². The van der Waals surface area contributed by atoms with Crippen LogP contribution in [0.4, 0.5) is 14.7 Å². The highest BCUT2D eigenvalue weighted by Gasteiger charge is 2.33. The normalized spacial score (nSPS) is 16.2. The van der Waals surface area contributed by atoms with Crippen molar-refractivity contribution in [1.82, 2.24) is 20.2 Å². The SMILES string of the molecule is O=C(CC1CN(C(=O)Cc2c(F)cc(OCCCC3CCN(c4ncc(Cl)cn4)CC3)cc2F)C1)NCC(O)(CO)CO. The van der Waals surface area contributed by atoms with E-state index in [0.29, 0.717) is 23.5 Å². The van der Waals surface area contributed by atoms with E-state index in [9.17, 15) is 23.5 Å². The third-order valence-corrected chi connectivity index (χ3v) is 8.15. The summed E-state index contributed by atoms with van der Waals surface area (Å²) in [4.78, 5) is 36.7. The summed E-state index contributed by atoms with van der Waals surface area (Å²) in [6.07, 6.45) is 6.44. The molecule has 2 amide bonds. The highest BCUT2D eigenvalue weighted by atomic mass is 35.5. The number of aliphatic hydroxyl groups excluding tert-OH is 2. The lowest BCUT2D eigenvalue weighted by Crippen LogP contribution is -2.53. The molecule has 4 N–H and O–H groups in total. The third-order valence-electron chi connectivity index (χ3n) is 7.96. The van der Waals surface area contributed by atoms with E-state index in [2.05, 4.69) is 20.2 Å². The van der Waals surface area contributed by atoms with Gasteiger partial charge in [-0.1, -0.05) is 11.6 Å². The number of likely N-dealkylation sites (tertiary alicyclic amines) is 1. The summed E-state index contributed by atoms with van der Waals surface area (Å²) in [5.74, 6) is -1.44. The maximum Gasteiger partial charge on any atom is 0.227 e. The van der Waals surface area contributed by atoms with Gasteiger partial charge in [-0.3, -0.25) is 9.59 Å². The molecule has 43 heavy (non-hydrogen) atoms. The van der Waals surface area contributed by atoms with E-state index in [1.54, 1.807) is 12.4 Å². The first kappa shape index (κ1) is 32.8. The Kier molecular flexibility index (Phi) is 11.5. The van der Waals surface area contributed by atoms with E-state index in [1.807, 2.05) is 0 Å². The zero-order valence-corrected chi connectivity index (χ0v) is 24.6. The van der Waals surface area contributed by atoms with Gasteiger partial charge in [0.1, 0.15) is 23.0 Å². The lowest BCUT2D eigenvalue weighted by Gasteiger charge is -2.39. The van der Waals surface area contributed by atoms with Crippen molar-refractivity contribution in [1.29, 1.82) is 0 Å². The highest BCUT2D eigenvalue weighted by molar-refractivity contribution is 6.30. The summed E-state index contributed by atoms with van der Waals surface area (Å²) in [5, 5.41) is 30.9. The fourth-order valence-electron chi connectivity index (χ4n) is 5.21. The predicted molar refractivity (Wildman–Crippen MR) is 154 cm³/mol. The number of aliphatic hydroxyl groups is 3. The first-order chi connectivity index (χ1) is 20.6. The summed E-state index contributed by atoms with van der Waals surface area (Å²) in [6.45, 7) is 0.799. The fraction of sp³-hybridized carbons (Fsp3) is 0.586. The van der Waals surface area contributed by atoms with Crippen LogP contribution < -0.4 is 15.0 Å². The number of hydrogen-bond acceptors (Lipinski definition) is 9. The van der Waals surface area contributed by atoms with Crippen LogP contribution in [0.15, 0.2) is 24.5 Å². The van der Waals surface area contributed by atoms with Gasteiger partial charge in [0.05, 0.1) is 50.2 Å². The van der Waals surface area contributed by atoms with Gasteiger partial charge in [0, 0.05) is 56.2 Å². The molecule has 0 spiro atoms. The van der Waals surface area contributed by atoms with Crippen molar-refractivity contribution in [3.63, 3.8) is 0 Å². The molecule has 4 rings (SSSR count). The molecule has 2 saturated heterocycles. The van der Waals surface area contributed by atoms with Gasteiger partial charge in [-0.25, -0.2) is 18.7 Å². The van der Waals surface area contributed by atoms with Crippen LogP contribution >= 0.6 is 11.6 Å². The summed E-state index contributed by atoms with van der Waals surface area (Å²) < 4.78 is 35.1. The Morgan fingerprint density at radius 2 is 1.70 bits per heavy atom. The molecule has 0 bridgehead atoms. The maximum atomic E-state index is 14.7. The van der Waals surface area contributed by atoms with Gasteiger partial charge >= 0.3 is 0 Å². The number of piperidine rings is 1. The quantitative estimate of drug-likeness (QED) is 0.230. The van der Waals surface area contributed by atoms with Gasteiger partial charge in [-0.2, -0.15) is 0 Å². The van der Waals surface area contributed by atoms with Crippen molar-refractivity contribution in [2.75, 3.05) is 57.4 Å². The van der Waals surface area contributed by atoms with E-state index >= 15 is 0 Å². The number of carbonyl (C=O) groups excluding carboxylic acids is 2. The standard InChI is InChI=1S/C29H38ClF2N5O6/c30-21-12-33-28(34-13-21)36-5-3-19(4-6-36)2-1-7-43-22-9-24(31)23(25(32)10-22)11-27(41)37-14-20(15-37)8-26(40)35-16-29(42,17-38)18-39/h9-10,12-13,19-20,38-39,42H,1-8,11,14-18H2,(H,35,40). The third kappa shape index (κ3) is 9.18. The van der Waals surface area contributed by atoms with Crippen LogP contribution in [0.2, 0.25) is 5.02 Å². The van der Waals surface area contributed by atoms with Crippen LogP contribution in [-0.2, 0) is 16.0 Å². The van der Waals surface area contributed by atoms with Crippen LogP contribution in [0.25, 0.3) is 0 Å². The molecule has 1 aromatic carbocycles. The summed E-state index contributed by atoms with van der Waals surface area (Å²) in [7, 11) is 0. The van der Waals surface area contributed by atoms with Crippen molar-refractivity contribution < 1.29 is 38.4 Å². The second-order valence-corrected chi connectivity index (χ2v) is 11.8. The van der Waals surface area contributed by atoms with Crippen LogP contribution in [0.1, 0.15) is 37.7 Å². The number of benzene rings is 1. The lowest BCUT2D eigenvalue weighted by atomic mass is 9.92. The Morgan fingerprint density at radius 3 is 2.30 bits per heavy atom. The molecule has 0 radical (unpaired) electrons. The van der Waals surface area contributed by atoms with E-state index in [1.165, 1.54) is 4.90 Å². The molecule has 236 valence electrons. The maximum absolute atomic E-state index is 14.7. The smallest absolute Gasteiger partial charge is 0.227 e. The van der Waals surface area contributed by atoms with E-state index < -0.39 is 48.7 Å². The summed E-state index contributed by atoms with van der Waals surface area (Å²) in [5.41, 5.74) is -2.14. The van der Waals surface area contributed by atoms with E-state index in [0.717, 1.165) is 50.9 Å². The Morgan fingerprint density at radius 1 is 1.07 bits per heavy atom. The number of rotatable bonds is 14. The van der Waals surface area contributed by atoms with Gasteiger partial charge in [0.25, 0.3) is 0 Å². The fourth-order valence-corrected chi connectivity index (χ4v) is 5.31. The van der Waals surface area contributed by atoms with Crippen molar-refractivity contribution in [3.8, 4) is 5.75 Å². The average molecular weight is 626 g/mol. The molecule has 0 aliphatic carbocycles. The molecule has 14 heteroatoms. The molecule has 0 atom stereocenters. The minimum atomic E-state index is -1.81. The minimum Gasteiger partial charge on any atom is -0.493 e. The number of aromatic nitrogens is 2. The molecule has 0 saturated carbocycles. The van der Waals surface area contributed by atoms with Gasteiger partial charge in [-0.15, -0.1) is 0 Å². The number of ether oxygens (including phenoxy) is 1. The summed E-state index contributed by atoms with van der Waals surface area (Å²) >= 11 is 5.86. The average Bonchev–Trinajstić information content (AvgIpc) is 2.98. The van der Waals surface area contributed by atoms with Gasteiger partial charge in [0.15, 0.2) is 0 Å². The Labute approximate surface area is 253 Å². The summed E-state index contributed by atoms with van der Waals surface area (Å²) in [6, 6.07) is 2.19. The molecular formula is C29H38ClF2N5O6. The molecule has 2 aromatic rings. The van der Waals surface area contributed by atoms with Crippen molar-refractivity contribution in [2.45, 2.75) is 44.1 Å². The first-order valence-electron chi connectivity index (χ1n) is 14.4. The van der Waals surface area contributed by atoms with Crippen molar-refractivity contribution >= 4 is 29.4 Å². The second kappa shape index (κ2) is 15.0. The zero-order chi connectivity index (χ0) is 31.0. The molecule has 2 fully saturated rings. The van der Waals surface area contributed by atoms with Gasteiger partial charge in [0.2, 0.25) is 17.8 Å². The molecule has 3 heterocycles. The van der Waals surface area contributed by atoms with Crippen molar-refractivity contribution in [3.05, 3.63) is 46.7 Å². The molecule has 11 nitrogen and oxygen atoms in total. The molecule has 0 unspecified atom stereocenters. The lowest BCUT2D eigenvalue weighted by molar-refractivity contribution is -0.139. The van der Waals surface area contributed by atoms with Crippen molar-refractivity contribution in [2.24, 2.45) is 11.8 Å². The molecule has 2 aliphatic rings. The molecule has 1 aromatic heterocycles. The number of carbonyl (C=O) groups is 2. The number of halogens is 3. The van der Waals surface area contributed by atoms with E-state index in [4.69, 9.17) is 26.6 Å². The van der Waals surface area contributed by atoms with Crippen LogP contribution in [0.3, 0.4) is 0 Å². The topological polar surface area (TPSA) is 148 Å². The Bertz CT molecular complexity index is 1220. The zero-order valence-electron chi connectivity index (χ0n) is 23.9. The van der Waals surface area contributed by atoms with Crippen LogP contribution in [-0.4, -0.2) is 100 Å². The van der Waals surface area contributed by atoms with Crippen LogP contribution in [0.5, 0.6) is 5.75 Å². The number of hydrogen-bond donors (Lipinski definition) is 4. The number of anilines is 1. The number of nitrogens with zero attached hydrogens (tertiary/aromatic N) is 4. The monoisotopic (exact) mass is 625 g/mol. The Balaban J connectivity index is 1.14. The minimum absolute atomic E-state index is 0.0725. The second-order valence-electron chi connectivity index (χ2n) is 11.4. The predicted octanol–water partition coefficient (Wildman–Crippen LogP) is 1.71. The van der Waals surface area contributed by atoms with E-state index in [-0.39, 0.29) is 43.3 Å². The highest BCUT2D eigenvalue weighted by Crippen LogP contribution is 2.27. The largest absolute Gasteiger partial charge is 0.493 e. The van der Waals surface area contributed by atoms with Gasteiger partial charge < -0.3 is 35.2 Å². The van der Waals surface area contributed by atoms with Crippen LogP contribution in [0, 0.1) is 23.5 Å². The Hall–Kier alpha value is -3.13. The molecular weight excluding hydrogens is 588 g/mol. The molecule has 2 aliphatic heterocycles.